The van der Waals surface area contributed by atoms with Gasteiger partial charge in [-0.25, -0.2) is 0 Å². The number of hydrogen-bond donors (Lipinski definition) is 3. The minimum Gasteiger partial charge on any atom is -0.352 e. The molecule has 19 heavy (non-hydrogen) atoms. The molecule has 0 unspecified atom stereocenters. The van der Waals surface area contributed by atoms with Crippen molar-refractivity contribution in [3.63, 3.8) is 0 Å². The monoisotopic (exact) mass is 259 g/mol. The number of carbonyl (C=O) groups excluding carboxylic acids is 2. The van der Waals surface area contributed by atoms with E-state index in [1.807, 2.05) is 6.92 Å². The molecule has 2 aromatic rings. The first-order chi connectivity index (χ1) is 9.20. The van der Waals surface area contributed by atoms with E-state index in [1.54, 1.807) is 24.3 Å². The molecule has 0 bridgehead atoms. The van der Waals surface area contributed by atoms with Crippen LogP contribution < -0.4 is 10.6 Å². The standard InChI is InChI=1S/C12H13N5O2/c1-2-13-11(18)8-3-5-9(6-4-8)15-12(19)10-7-14-17-16-10/h3-7H,2H2,1H3,(H,13,18)(H,15,19)(H,14,16,17). The van der Waals surface area contributed by atoms with Crippen molar-refractivity contribution in [2.45, 2.75) is 6.92 Å². The largest absolute Gasteiger partial charge is 0.352 e. The molecule has 7 heteroatoms. The number of carbonyl (C=O) groups is 2. The molecule has 0 aliphatic carbocycles. The second kappa shape index (κ2) is 5.76. The number of aromatic amines is 1. The van der Waals surface area contributed by atoms with Crippen LogP contribution in [0.2, 0.25) is 0 Å². The summed E-state index contributed by atoms with van der Waals surface area (Å²) in [4.78, 5) is 23.2. The fraction of sp³-hybridized carbons (Fsp3) is 0.167. The number of nitrogens with zero attached hydrogens (tertiary/aromatic N) is 2. The zero-order valence-electron chi connectivity index (χ0n) is 10.3. The Morgan fingerprint density at radius 1 is 1.21 bits per heavy atom. The van der Waals surface area contributed by atoms with E-state index >= 15 is 0 Å². The van der Waals surface area contributed by atoms with Crippen LogP contribution in [0.15, 0.2) is 30.5 Å². The first kappa shape index (κ1) is 12.7. The fourth-order valence-electron chi connectivity index (χ4n) is 1.47. The Labute approximate surface area is 109 Å². The summed E-state index contributed by atoms with van der Waals surface area (Å²) in [6.07, 6.45) is 1.33. The van der Waals surface area contributed by atoms with Crippen LogP contribution in [0.25, 0.3) is 0 Å². The maximum Gasteiger partial charge on any atom is 0.277 e. The average molecular weight is 259 g/mol. The molecule has 0 atom stereocenters. The molecule has 2 rings (SSSR count). The number of hydrogen-bond acceptors (Lipinski definition) is 4. The molecule has 1 heterocycles. The van der Waals surface area contributed by atoms with Crippen LogP contribution in [0.5, 0.6) is 0 Å². The number of rotatable bonds is 4. The Bertz CT molecular complexity index is 562. The number of nitrogens with one attached hydrogen (secondary N) is 3. The van der Waals surface area contributed by atoms with E-state index in [0.717, 1.165) is 0 Å². The van der Waals surface area contributed by atoms with E-state index in [1.165, 1.54) is 6.20 Å². The van der Waals surface area contributed by atoms with Crippen LogP contribution in [0.3, 0.4) is 0 Å². The average Bonchev–Trinajstić information content (AvgIpc) is 2.94. The van der Waals surface area contributed by atoms with Gasteiger partial charge < -0.3 is 10.6 Å². The lowest BCUT2D eigenvalue weighted by Crippen LogP contribution is -2.22. The molecule has 0 aliphatic rings. The number of H-pyrrole nitrogens is 1. The van der Waals surface area contributed by atoms with E-state index in [4.69, 9.17) is 0 Å². The molecule has 0 spiro atoms. The van der Waals surface area contributed by atoms with E-state index in [2.05, 4.69) is 26.0 Å². The summed E-state index contributed by atoms with van der Waals surface area (Å²) in [6, 6.07) is 6.60. The first-order valence-corrected chi connectivity index (χ1v) is 5.76. The van der Waals surface area contributed by atoms with Crippen LogP contribution in [0.1, 0.15) is 27.8 Å². The molecule has 98 valence electrons. The van der Waals surface area contributed by atoms with E-state index in [9.17, 15) is 9.59 Å². The predicted octanol–water partition coefficient (Wildman–Crippen LogP) is 0.807. The number of amides is 2. The number of benzene rings is 1. The van der Waals surface area contributed by atoms with Crippen molar-refractivity contribution in [2.75, 3.05) is 11.9 Å². The van der Waals surface area contributed by atoms with Gasteiger partial charge in [0.25, 0.3) is 11.8 Å². The molecule has 0 saturated heterocycles. The highest BCUT2D eigenvalue weighted by Gasteiger charge is 2.09. The van der Waals surface area contributed by atoms with Gasteiger partial charge in [0.1, 0.15) is 0 Å². The predicted molar refractivity (Wildman–Crippen MR) is 68.8 cm³/mol. The molecule has 1 aromatic carbocycles. The Balaban J connectivity index is 2.03. The molecular formula is C12H13N5O2. The van der Waals surface area contributed by atoms with Crippen molar-refractivity contribution in [3.8, 4) is 0 Å². The zero-order chi connectivity index (χ0) is 13.7. The Morgan fingerprint density at radius 3 is 2.53 bits per heavy atom. The zero-order valence-corrected chi connectivity index (χ0v) is 10.3. The van der Waals surface area contributed by atoms with E-state index in [-0.39, 0.29) is 17.5 Å². The normalized spacial score (nSPS) is 9.95. The van der Waals surface area contributed by atoms with Crippen molar-refractivity contribution in [1.29, 1.82) is 0 Å². The molecule has 3 N–H and O–H groups in total. The van der Waals surface area contributed by atoms with Crippen molar-refractivity contribution in [2.24, 2.45) is 0 Å². The second-order valence-electron chi connectivity index (χ2n) is 3.75. The van der Waals surface area contributed by atoms with Gasteiger partial charge >= 0.3 is 0 Å². The van der Waals surface area contributed by atoms with Gasteiger partial charge in [-0.05, 0) is 31.2 Å². The van der Waals surface area contributed by atoms with Gasteiger partial charge in [-0.2, -0.15) is 15.4 Å². The molecule has 0 saturated carbocycles. The van der Waals surface area contributed by atoms with Crippen LogP contribution in [-0.4, -0.2) is 33.8 Å². The third kappa shape index (κ3) is 3.15. The summed E-state index contributed by atoms with van der Waals surface area (Å²) in [6.45, 7) is 2.42. The summed E-state index contributed by atoms with van der Waals surface area (Å²) in [7, 11) is 0. The molecular weight excluding hydrogens is 246 g/mol. The summed E-state index contributed by atoms with van der Waals surface area (Å²) in [5.41, 5.74) is 1.33. The number of aromatic nitrogens is 3. The number of anilines is 1. The lowest BCUT2D eigenvalue weighted by atomic mass is 10.2. The highest BCUT2D eigenvalue weighted by molar-refractivity contribution is 6.03. The Kier molecular flexibility index (Phi) is 3.87. The third-order valence-corrected chi connectivity index (χ3v) is 2.39. The molecule has 0 aliphatic heterocycles. The lowest BCUT2D eigenvalue weighted by Gasteiger charge is -2.05. The third-order valence-electron chi connectivity index (χ3n) is 2.39. The minimum atomic E-state index is -0.362. The highest BCUT2D eigenvalue weighted by Crippen LogP contribution is 2.10. The molecule has 0 radical (unpaired) electrons. The van der Waals surface area contributed by atoms with Gasteiger partial charge in [0.05, 0.1) is 6.20 Å². The maximum atomic E-state index is 11.7. The van der Waals surface area contributed by atoms with Gasteiger partial charge in [0.15, 0.2) is 5.69 Å². The van der Waals surface area contributed by atoms with Crippen LogP contribution in [-0.2, 0) is 0 Å². The summed E-state index contributed by atoms with van der Waals surface area (Å²) >= 11 is 0. The molecule has 7 nitrogen and oxygen atoms in total. The van der Waals surface area contributed by atoms with Crippen molar-refractivity contribution >= 4 is 17.5 Å². The van der Waals surface area contributed by atoms with Gasteiger partial charge in [-0.3, -0.25) is 9.59 Å². The highest BCUT2D eigenvalue weighted by atomic mass is 16.2. The molecule has 0 fully saturated rings. The minimum absolute atomic E-state index is 0.142. The summed E-state index contributed by atoms with van der Waals surface area (Å²) in [5.74, 6) is -0.503. The van der Waals surface area contributed by atoms with Crippen LogP contribution in [0.4, 0.5) is 5.69 Å². The molecule has 1 aromatic heterocycles. The van der Waals surface area contributed by atoms with Crippen LogP contribution in [0, 0.1) is 0 Å². The second-order valence-corrected chi connectivity index (χ2v) is 3.75. The smallest absolute Gasteiger partial charge is 0.277 e. The van der Waals surface area contributed by atoms with Crippen LogP contribution >= 0.6 is 0 Å². The van der Waals surface area contributed by atoms with E-state index in [0.29, 0.717) is 17.8 Å². The van der Waals surface area contributed by atoms with Gasteiger partial charge in [0, 0.05) is 17.8 Å². The first-order valence-electron chi connectivity index (χ1n) is 5.76. The lowest BCUT2D eigenvalue weighted by molar-refractivity contribution is 0.0955. The Hall–Kier alpha value is -2.70. The van der Waals surface area contributed by atoms with Crippen molar-refractivity contribution in [3.05, 3.63) is 41.7 Å². The quantitative estimate of drug-likeness (QED) is 0.756. The van der Waals surface area contributed by atoms with Crippen molar-refractivity contribution < 1.29 is 9.59 Å². The van der Waals surface area contributed by atoms with Gasteiger partial charge in [-0.15, -0.1) is 0 Å². The van der Waals surface area contributed by atoms with E-state index < -0.39 is 0 Å². The fourth-order valence-corrected chi connectivity index (χ4v) is 1.47. The van der Waals surface area contributed by atoms with Gasteiger partial charge in [-0.1, -0.05) is 0 Å². The summed E-state index contributed by atoms with van der Waals surface area (Å²) in [5, 5.41) is 14.9. The van der Waals surface area contributed by atoms with Gasteiger partial charge in [0.2, 0.25) is 0 Å². The summed E-state index contributed by atoms with van der Waals surface area (Å²) < 4.78 is 0. The Morgan fingerprint density at radius 2 is 1.95 bits per heavy atom. The topological polar surface area (TPSA) is 99.8 Å². The molecule has 2 amide bonds. The SMILES string of the molecule is CCNC(=O)c1ccc(NC(=O)c2cn[nH]n2)cc1. The maximum absolute atomic E-state index is 11.7. The van der Waals surface area contributed by atoms with Crippen molar-refractivity contribution in [1.82, 2.24) is 20.7 Å².